The third kappa shape index (κ3) is 4.39. The van der Waals surface area contributed by atoms with Crippen molar-refractivity contribution in [1.29, 1.82) is 0 Å². The molecule has 0 fully saturated rings. The highest BCUT2D eigenvalue weighted by Gasteiger charge is 2.07. The summed E-state index contributed by atoms with van der Waals surface area (Å²) in [5.74, 6) is 0.609. The molecule has 0 bridgehead atoms. The molecule has 0 spiro atoms. The van der Waals surface area contributed by atoms with Crippen LogP contribution in [0.2, 0.25) is 0 Å². The van der Waals surface area contributed by atoms with Crippen LogP contribution in [-0.4, -0.2) is 33.9 Å². The lowest BCUT2D eigenvalue weighted by Gasteiger charge is -2.09. The zero-order valence-corrected chi connectivity index (χ0v) is 12.4. The molecule has 2 rings (SSSR count). The van der Waals surface area contributed by atoms with Crippen LogP contribution in [0.3, 0.4) is 0 Å². The van der Waals surface area contributed by atoms with Gasteiger partial charge in [-0.25, -0.2) is 4.68 Å². The summed E-state index contributed by atoms with van der Waals surface area (Å²) in [6, 6.07) is 7.25. The summed E-state index contributed by atoms with van der Waals surface area (Å²) in [6.45, 7) is 6.22. The lowest BCUT2D eigenvalue weighted by atomic mass is 10.1. The van der Waals surface area contributed by atoms with E-state index in [4.69, 9.17) is 4.74 Å². The number of carbonyl (C=O) groups is 1. The molecule has 0 aliphatic carbocycles. The zero-order valence-electron chi connectivity index (χ0n) is 12.4. The average Bonchev–Trinajstić information content (AvgIpc) is 2.93. The Morgan fingerprint density at radius 2 is 2.19 bits per heavy atom. The summed E-state index contributed by atoms with van der Waals surface area (Å²) in [5.41, 5.74) is 1.50. The molecule has 0 radical (unpaired) electrons. The number of benzene rings is 1. The minimum atomic E-state index is -0.000665. The molecule has 0 aliphatic heterocycles. The maximum atomic E-state index is 11.5. The average molecular weight is 288 g/mol. The number of ether oxygens (including phenoxy) is 1. The number of hydrogen-bond donors (Lipinski definition) is 1. The second-order valence-corrected chi connectivity index (χ2v) is 4.65. The number of carbonyl (C=O) groups excluding carboxylic acids is 1. The molecule has 2 aromatic rings. The molecule has 1 aromatic carbocycles. The Bertz CT molecular complexity index is 595. The number of ketones is 1. The Morgan fingerprint density at radius 3 is 2.95 bits per heavy atom. The molecule has 0 saturated heterocycles. The summed E-state index contributed by atoms with van der Waals surface area (Å²) in [4.78, 5) is 11.5. The molecule has 0 atom stereocenters. The molecule has 1 heterocycles. The normalized spacial score (nSPS) is 10.6. The predicted molar refractivity (Wildman–Crippen MR) is 79.3 cm³/mol. The Kier molecular flexibility index (Phi) is 5.45. The Labute approximate surface area is 124 Å². The van der Waals surface area contributed by atoms with Crippen LogP contribution in [0.1, 0.15) is 29.9 Å². The van der Waals surface area contributed by atoms with Gasteiger partial charge in [0.15, 0.2) is 5.78 Å². The minimum Gasteiger partial charge on any atom is -0.491 e. The van der Waals surface area contributed by atoms with E-state index in [9.17, 15) is 4.79 Å². The van der Waals surface area contributed by atoms with Gasteiger partial charge < -0.3 is 10.1 Å². The molecule has 112 valence electrons. The van der Waals surface area contributed by atoms with Crippen molar-refractivity contribution in [2.45, 2.75) is 26.9 Å². The number of nitrogens with one attached hydrogen (secondary N) is 1. The fourth-order valence-corrected chi connectivity index (χ4v) is 1.91. The highest BCUT2D eigenvalue weighted by Crippen LogP contribution is 2.18. The topological polar surface area (TPSA) is 69.0 Å². The van der Waals surface area contributed by atoms with Gasteiger partial charge in [-0.15, -0.1) is 5.10 Å². The van der Waals surface area contributed by atoms with Gasteiger partial charge in [0, 0.05) is 12.7 Å². The first kappa shape index (κ1) is 15.2. The van der Waals surface area contributed by atoms with E-state index in [0.717, 1.165) is 12.2 Å². The smallest absolute Gasteiger partial charge is 0.163 e. The predicted octanol–water partition coefficient (Wildman–Crippen LogP) is 1.67. The molecule has 0 saturated carbocycles. The van der Waals surface area contributed by atoms with Gasteiger partial charge in [-0.3, -0.25) is 4.79 Å². The quantitative estimate of drug-likeness (QED) is 0.748. The van der Waals surface area contributed by atoms with E-state index in [1.807, 2.05) is 25.3 Å². The van der Waals surface area contributed by atoms with Crippen molar-refractivity contribution >= 4 is 5.78 Å². The van der Waals surface area contributed by atoms with E-state index in [1.165, 1.54) is 6.92 Å². The van der Waals surface area contributed by atoms with Crippen LogP contribution in [0, 0.1) is 0 Å². The second-order valence-electron chi connectivity index (χ2n) is 4.65. The van der Waals surface area contributed by atoms with Crippen molar-refractivity contribution < 1.29 is 9.53 Å². The Balaban J connectivity index is 1.87. The first-order valence-corrected chi connectivity index (χ1v) is 7.03. The van der Waals surface area contributed by atoms with Gasteiger partial charge in [-0.05, 0) is 25.6 Å². The number of hydrogen-bond acceptors (Lipinski definition) is 5. The largest absolute Gasteiger partial charge is 0.491 e. The van der Waals surface area contributed by atoms with E-state index >= 15 is 0 Å². The molecule has 6 nitrogen and oxygen atoms in total. The fourth-order valence-electron chi connectivity index (χ4n) is 1.91. The van der Waals surface area contributed by atoms with Crippen molar-refractivity contribution in [2.75, 3.05) is 13.2 Å². The third-order valence-corrected chi connectivity index (χ3v) is 2.99. The van der Waals surface area contributed by atoms with Crippen molar-refractivity contribution in [3.63, 3.8) is 0 Å². The molecule has 0 amide bonds. The minimum absolute atomic E-state index is 0.000665. The number of Topliss-reactive ketones (excluding diaryl/α,β-unsaturated/α-hetero) is 1. The summed E-state index contributed by atoms with van der Waals surface area (Å²) in [7, 11) is 0. The van der Waals surface area contributed by atoms with Gasteiger partial charge in [0.05, 0.1) is 17.8 Å². The summed E-state index contributed by atoms with van der Waals surface area (Å²) in [5, 5.41) is 11.3. The fraction of sp³-hybridized carbons (Fsp3) is 0.400. The maximum Gasteiger partial charge on any atom is 0.163 e. The molecule has 6 heteroatoms. The van der Waals surface area contributed by atoms with Crippen LogP contribution in [0.5, 0.6) is 5.75 Å². The van der Waals surface area contributed by atoms with Gasteiger partial charge in [0.2, 0.25) is 0 Å². The van der Waals surface area contributed by atoms with Gasteiger partial charge in [-0.2, -0.15) is 0 Å². The molecule has 21 heavy (non-hydrogen) atoms. The molecule has 1 aromatic heterocycles. The maximum absolute atomic E-state index is 11.5. The lowest BCUT2D eigenvalue weighted by Crippen LogP contribution is -2.12. The first-order valence-electron chi connectivity index (χ1n) is 7.03. The number of nitrogens with zero attached hydrogens (tertiary/aromatic N) is 3. The van der Waals surface area contributed by atoms with Crippen molar-refractivity contribution in [3.8, 4) is 5.75 Å². The van der Waals surface area contributed by atoms with E-state index in [1.54, 1.807) is 16.8 Å². The lowest BCUT2D eigenvalue weighted by molar-refractivity contribution is 0.101. The molecular weight excluding hydrogens is 268 g/mol. The Hall–Kier alpha value is -2.21. The SMILES string of the molecule is CCNCc1cn(CCOc2ccccc2C(C)=O)nn1. The van der Waals surface area contributed by atoms with Crippen molar-refractivity contribution in [3.05, 3.63) is 41.7 Å². The van der Waals surface area contributed by atoms with E-state index in [0.29, 0.717) is 31.0 Å². The van der Waals surface area contributed by atoms with E-state index in [2.05, 4.69) is 15.6 Å². The second kappa shape index (κ2) is 7.54. The zero-order chi connectivity index (χ0) is 15.1. The standard InChI is InChI=1S/C15H20N4O2/c1-3-16-10-13-11-19(18-17-13)8-9-21-15-7-5-4-6-14(15)12(2)20/h4-7,11,16H,3,8-10H2,1-2H3. The Morgan fingerprint density at radius 1 is 1.38 bits per heavy atom. The first-order chi connectivity index (χ1) is 10.2. The monoisotopic (exact) mass is 288 g/mol. The number of para-hydroxylation sites is 1. The number of rotatable bonds is 8. The van der Waals surface area contributed by atoms with Crippen LogP contribution < -0.4 is 10.1 Å². The van der Waals surface area contributed by atoms with Crippen LogP contribution in [0.4, 0.5) is 0 Å². The van der Waals surface area contributed by atoms with E-state index in [-0.39, 0.29) is 5.78 Å². The third-order valence-electron chi connectivity index (χ3n) is 2.99. The highest BCUT2D eigenvalue weighted by atomic mass is 16.5. The summed E-state index contributed by atoms with van der Waals surface area (Å²) < 4.78 is 7.41. The number of aromatic nitrogens is 3. The van der Waals surface area contributed by atoms with Crippen LogP contribution in [0.25, 0.3) is 0 Å². The van der Waals surface area contributed by atoms with E-state index < -0.39 is 0 Å². The molecule has 0 aliphatic rings. The summed E-state index contributed by atoms with van der Waals surface area (Å²) >= 11 is 0. The summed E-state index contributed by atoms with van der Waals surface area (Å²) in [6.07, 6.45) is 1.89. The van der Waals surface area contributed by atoms with Crippen molar-refractivity contribution in [1.82, 2.24) is 20.3 Å². The molecular formula is C15H20N4O2. The molecule has 0 unspecified atom stereocenters. The van der Waals surface area contributed by atoms with Gasteiger partial charge >= 0.3 is 0 Å². The van der Waals surface area contributed by atoms with Crippen LogP contribution >= 0.6 is 0 Å². The van der Waals surface area contributed by atoms with Crippen LogP contribution in [0.15, 0.2) is 30.5 Å². The highest BCUT2D eigenvalue weighted by molar-refractivity contribution is 5.96. The van der Waals surface area contributed by atoms with Gasteiger partial charge in [0.1, 0.15) is 12.4 Å². The van der Waals surface area contributed by atoms with Gasteiger partial charge in [0.25, 0.3) is 0 Å². The van der Waals surface area contributed by atoms with Crippen molar-refractivity contribution in [2.24, 2.45) is 0 Å². The molecule has 1 N–H and O–H groups in total. The van der Waals surface area contributed by atoms with Crippen LogP contribution in [-0.2, 0) is 13.1 Å². The van der Waals surface area contributed by atoms with Gasteiger partial charge in [-0.1, -0.05) is 24.3 Å².